The molecule has 0 aliphatic carbocycles. The number of thiophene rings is 1. The molecule has 3 atom stereocenters. The Balaban J connectivity index is 1.15. The number of piperazine rings is 1. The topological polar surface area (TPSA) is 130 Å². The fourth-order valence-electron chi connectivity index (χ4n) is 8.43. The molecule has 0 spiro atoms. The molecule has 0 unspecified atom stereocenters. The summed E-state index contributed by atoms with van der Waals surface area (Å²) in [6, 6.07) is 25.3. The Hall–Kier alpha value is -6.39. The quantitative estimate of drug-likeness (QED) is 0.121. The predicted molar refractivity (Wildman–Crippen MR) is 256 cm³/mol. The molecule has 3 aliphatic heterocycles. The van der Waals surface area contributed by atoms with Crippen molar-refractivity contribution in [1.82, 2.24) is 29.7 Å². The minimum atomic E-state index is -1.20. The molecule has 0 saturated carbocycles. The number of hydrogen-bond acceptors (Lipinski definition) is 14. The molecular formula is C51H50ClFN6O7S. The molecule has 6 heterocycles. The van der Waals surface area contributed by atoms with Gasteiger partial charge in [0.2, 0.25) is 12.0 Å². The van der Waals surface area contributed by atoms with E-state index in [2.05, 4.69) is 38.7 Å². The number of fused-ring (bicyclic) bond motifs is 7. The van der Waals surface area contributed by atoms with Crippen molar-refractivity contribution in [3.8, 4) is 61.8 Å². The van der Waals surface area contributed by atoms with E-state index < -0.39 is 18.2 Å². The summed E-state index contributed by atoms with van der Waals surface area (Å²) in [5.41, 5.74) is 4.95. The average molecular weight is 946 g/mol. The smallest absolute Gasteiger partial charge is 0.347 e. The lowest BCUT2D eigenvalue weighted by atomic mass is 9.96. The Bertz CT molecular complexity index is 2900. The van der Waals surface area contributed by atoms with Gasteiger partial charge in [0.15, 0.2) is 5.82 Å². The fraction of sp³-hybridized carbons (Fsp3) is 0.314. The van der Waals surface area contributed by atoms with Gasteiger partial charge in [-0.05, 0) is 99.1 Å². The van der Waals surface area contributed by atoms with Crippen molar-refractivity contribution in [2.45, 2.75) is 52.0 Å². The first-order chi connectivity index (χ1) is 32.6. The third kappa shape index (κ3) is 10.0. The maximum Gasteiger partial charge on any atom is 0.347 e. The first-order valence-corrected chi connectivity index (χ1v) is 23.4. The van der Waals surface area contributed by atoms with Crippen LogP contribution in [0.15, 0.2) is 97.5 Å². The van der Waals surface area contributed by atoms with Crippen LogP contribution < -0.4 is 23.7 Å². The van der Waals surface area contributed by atoms with Crippen LogP contribution >= 0.6 is 22.9 Å². The Morgan fingerprint density at radius 2 is 1.81 bits per heavy atom. The highest BCUT2D eigenvalue weighted by Crippen LogP contribution is 2.50. The van der Waals surface area contributed by atoms with Crippen LogP contribution in [0.3, 0.4) is 0 Å². The SMILES string of the molecule is CCOC(=O)[C@H]1Cc2cc(ccc2OCc2ccnc(-c3ccccc3OC)n2)OC[C@@H](CN2CCN(C)[C@H](C)C2)Oc2ccc(c(C)c2Cl)-c2c(-c3ccc(F)cc3)sc3ncnc(c23)O1. The van der Waals surface area contributed by atoms with Crippen molar-refractivity contribution >= 4 is 39.1 Å². The number of benzene rings is 4. The van der Waals surface area contributed by atoms with Crippen molar-refractivity contribution in [2.24, 2.45) is 0 Å². The number of likely N-dealkylation sites (N-methyl/N-ethyl adjacent to an activating group) is 1. The van der Waals surface area contributed by atoms with E-state index in [1.165, 1.54) is 29.8 Å². The van der Waals surface area contributed by atoms with Gasteiger partial charge in [0.05, 0.1) is 35.4 Å². The van der Waals surface area contributed by atoms with E-state index in [1.54, 1.807) is 38.4 Å². The minimum absolute atomic E-state index is 0.00959. The third-order valence-electron chi connectivity index (χ3n) is 12.1. The number of rotatable bonds is 10. The van der Waals surface area contributed by atoms with Crippen LogP contribution in [0.25, 0.3) is 43.2 Å². The first kappa shape index (κ1) is 45.8. The number of hydrogen-bond donors (Lipinski definition) is 0. The van der Waals surface area contributed by atoms with Gasteiger partial charge in [-0.3, -0.25) is 4.90 Å². The second-order valence-corrected chi connectivity index (χ2v) is 17.9. The number of esters is 1. The number of aromatic nitrogens is 4. The summed E-state index contributed by atoms with van der Waals surface area (Å²) in [4.78, 5) is 38.8. The van der Waals surface area contributed by atoms with Crippen molar-refractivity contribution < 1.29 is 37.6 Å². The lowest BCUT2D eigenvalue weighted by Gasteiger charge is -2.39. The molecule has 0 amide bonds. The summed E-state index contributed by atoms with van der Waals surface area (Å²) in [6.07, 6.45) is 1.46. The molecule has 16 heteroatoms. The van der Waals surface area contributed by atoms with Gasteiger partial charge < -0.3 is 33.3 Å². The van der Waals surface area contributed by atoms with Crippen molar-refractivity contribution in [3.05, 3.63) is 125 Å². The number of halogens is 2. The zero-order valence-corrected chi connectivity index (χ0v) is 39.4. The van der Waals surface area contributed by atoms with E-state index >= 15 is 0 Å². The molecule has 67 heavy (non-hydrogen) atoms. The molecule has 346 valence electrons. The summed E-state index contributed by atoms with van der Waals surface area (Å²) in [7, 11) is 3.75. The average Bonchev–Trinajstić information content (AvgIpc) is 3.73. The van der Waals surface area contributed by atoms with Crippen LogP contribution in [0.4, 0.5) is 4.39 Å². The number of methoxy groups -OCH3 is 1. The lowest BCUT2D eigenvalue weighted by Crippen LogP contribution is -2.53. The van der Waals surface area contributed by atoms with Crippen LogP contribution in [-0.2, 0) is 22.6 Å². The molecule has 13 nitrogen and oxygen atoms in total. The van der Waals surface area contributed by atoms with Crippen LogP contribution in [0, 0.1) is 12.7 Å². The highest BCUT2D eigenvalue weighted by atomic mass is 35.5. The van der Waals surface area contributed by atoms with Gasteiger partial charge in [-0.25, -0.2) is 29.1 Å². The van der Waals surface area contributed by atoms with Gasteiger partial charge in [0.25, 0.3) is 0 Å². The monoisotopic (exact) mass is 944 g/mol. The molecule has 4 aromatic carbocycles. The molecule has 10 rings (SSSR count). The Labute approximate surface area is 397 Å². The number of ether oxygens (including phenoxy) is 6. The van der Waals surface area contributed by atoms with Gasteiger partial charge in [-0.15, -0.1) is 11.3 Å². The molecule has 4 bridgehead atoms. The highest BCUT2D eigenvalue weighted by Gasteiger charge is 2.31. The number of carbonyl (C=O) groups excluding carboxylic acids is 1. The molecule has 3 aliphatic rings. The van der Waals surface area contributed by atoms with Gasteiger partial charge in [0.1, 0.15) is 59.3 Å². The Kier molecular flexibility index (Phi) is 13.8. The first-order valence-electron chi connectivity index (χ1n) is 22.2. The summed E-state index contributed by atoms with van der Waals surface area (Å²) < 4.78 is 52.3. The van der Waals surface area contributed by atoms with E-state index in [0.717, 1.165) is 52.3 Å². The summed E-state index contributed by atoms with van der Waals surface area (Å²) in [5, 5.41) is 0.984. The molecule has 0 N–H and O–H groups in total. The lowest BCUT2D eigenvalue weighted by molar-refractivity contribution is -0.151. The normalized spacial score (nSPS) is 17.8. The highest BCUT2D eigenvalue weighted by molar-refractivity contribution is 7.22. The van der Waals surface area contributed by atoms with Crippen molar-refractivity contribution in [1.29, 1.82) is 0 Å². The van der Waals surface area contributed by atoms with Crippen LogP contribution in [-0.4, -0.2) is 108 Å². The van der Waals surface area contributed by atoms with Crippen molar-refractivity contribution in [2.75, 3.05) is 53.6 Å². The number of para-hydroxylation sites is 1. The zero-order chi connectivity index (χ0) is 46.6. The fourth-order valence-corrected chi connectivity index (χ4v) is 9.79. The van der Waals surface area contributed by atoms with Gasteiger partial charge in [-0.2, -0.15) is 0 Å². The number of nitrogens with zero attached hydrogens (tertiary/aromatic N) is 6. The predicted octanol–water partition coefficient (Wildman–Crippen LogP) is 9.50. The zero-order valence-electron chi connectivity index (χ0n) is 37.8. The maximum absolute atomic E-state index is 14.4. The molecule has 3 aromatic heterocycles. The second kappa shape index (κ2) is 20.2. The molecule has 1 saturated heterocycles. The van der Waals surface area contributed by atoms with E-state index in [4.69, 9.17) is 45.0 Å². The summed E-state index contributed by atoms with van der Waals surface area (Å²) in [6.45, 7) is 9.51. The standard InChI is InChI=1S/C51H50ClFN6O7S/c1-6-62-51(60)43-24-33-23-36(15-17-40(33)64-27-35-19-20-54-48(57-35)39-9-7-8-10-41(39)61-5)63-28-37(26-59-22-21-58(4)30(2)25-59)65-42-18-16-38(31(3)46(42)52)44-45-49(66-43)55-29-56-50(45)67-47(44)32-11-13-34(53)14-12-32/h7-20,23,29-30,37,43H,6,21-22,24-28H2,1-5H3/t30-,37-,43-/m1/s1. The van der Waals surface area contributed by atoms with Crippen LogP contribution in [0.5, 0.6) is 28.9 Å². The van der Waals surface area contributed by atoms with Gasteiger partial charge in [-0.1, -0.05) is 41.9 Å². The number of carbonyl (C=O) groups is 1. The Morgan fingerprint density at radius 1 is 0.970 bits per heavy atom. The van der Waals surface area contributed by atoms with E-state index in [1.807, 2.05) is 61.5 Å². The van der Waals surface area contributed by atoms with Crippen LogP contribution in [0.1, 0.15) is 30.7 Å². The van der Waals surface area contributed by atoms with Crippen molar-refractivity contribution in [3.63, 3.8) is 0 Å². The van der Waals surface area contributed by atoms with E-state index in [0.29, 0.717) is 67.9 Å². The summed E-state index contributed by atoms with van der Waals surface area (Å²) >= 11 is 8.71. The van der Waals surface area contributed by atoms with Crippen LogP contribution in [0.2, 0.25) is 5.02 Å². The van der Waals surface area contributed by atoms with E-state index in [-0.39, 0.29) is 37.9 Å². The van der Waals surface area contributed by atoms with E-state index in [9.17, 15) is 9.18 Å². The molecular weight excluding hydrogens is 895 g/mol. The molecule has 7 aromatic rings. The maximum atomic E-state index is 14.4. The molecule has 0 radical (unpaired) electrons. The summed E-state index contributed by atoms with van der Waals surface area (Å²) in [5.74, 6) is 1.83. The molecule has 1 fully saturated rings. The third-order valence-corrected chi connectivity index (χ3v) is 13.7. The minimum Gasteiger partial charge on any atom is -0.496 e. The largest absolute Gasteiger partial charge is 0.496 e. The Morgan fingerprint density at radius 3 is 2.61 bits per heavy atom. The van der Waals surface area contributed by atoms with Gasteiger partial charge >= 0.3 is 5.97 Å². The van der Waals surface area contributed by atoms with Gasteiger partial charge in [0, 0.05) is 60.8 Å². The second-order valence-electron chi connectivity index (χ2n) is 16.6.